The molecule has 0 spiro atoms. The van der Waals surface area contributed by atoms with Crippen LogP contribution in [-0.2, 0) is 0 Å². The summed E-state index contributed by atoms with van der Waals surface area (Å²) in [4.78, 5) is 12.4. The highest BCUT2D eigenvalue weighted by molar-refractivity contribution is 6.31. The molecule has 0 saturated heterocycles. The molecule has 0 bridgehead atoms. The van der Waals surface area contributed by atoms with Crippen LogP contribution in [0, 0.1) is 12.7 Å². The SMILES string of the molecule is COc1ccc(-n2nnc(C(=O)Nc3ccc(F)c(Cl)c3)c2C)cc1. The van der Waals surface area contributed by atoms with Gasteiger partial charge in [-0.2, -0.15) is 0 Å². The minimum Gasteiger partial charge on any atom is -0.497 e. The van der Waals surface area contributed by atoms with E-state index in [4.69, 9.17) is 16.3 Å². The van der Waals surface area contributed by atoms with Crippen LogP contribution >= 0.6 is 11.6 Å². The molecule has 3 rings (SSSR count). The van der Waals surface area contributed by atoms with Crippen LogP contribution < -0.4 is 10.1 Å². The number of carbonyl (C=O) groups excluding carboxylic acids is 1. The smallest absolute Gasteiger partial charge is 0.278 e. The molecule has 1 aromatic heterocycles. The number of hydrogen-bond acceptors (Lipinski definition) is 4. The fraction of sp³-hybridized carbons (Fsp3) is 0.118. The van der Waals surface area contributed by atoms with Crippen LogP contribution in [0.4, 0.5) is 10.1 Å². The Morgan fingerprint density at radius 2 is 1.96 bits per heavy atom. The molecule has 0 aliphatic carbocycles. The summed E-state index contributed by atoms with van der Waals surface area (Å²) in [5.74, 6) is -0.297. The number of ether oxygens (including phenoxy) is 1. The largest absolute Gasteiger partial charge is 0.497 e. The van der Waals surface area contributed by atoms with Crippen LogP contribution in [-0.4, -0.2) is 28.0 Å². The Hall–Kier alpha value is -2.93. The van der Waals surface area contributed by atoms with Crippen molar-refractivity contribution < 1.29 is 13.9 Å². The molecule has 0 aliphatic heterocycles. The molecule has 0 fully saturated rings. The molecule has 0 unspecified atom stereocenters. The fourth-order valence-corrected chi connectivity index (χ4v) is 2.45. The van der Waals surface area contributed by atoms with Gasteiger partial charge in [-0.3, -0.25) is 4.79 Å². The summed E-state index contributed by atoms with van der Waals surface area (Å²) >= 11 is 5.71. The summed E-state index contributed by atoms with van der Waals surface area (Å²) in [6, 6.07) is 11.1. The second-order valence-corrected chi connectivity index (χ2v) is 5.62. The predicted octanol–water partition coefficient (Wildman–Crippen LogP) is 3.63. The minimum atomic E-state index is -0.554. The van der Waals surface area contributed by atoms with Gasteiger partial charge in [-0.25, -0.2) is 9.07 Å². The van der Waals surface area contributed by atoms with Gasteiger partial charge < -0.3 is 10.1 Å². The first-order valence-electron chi connectivity index (χ1n) is 7.32. The van der Waals surface area contributed by atoms with Crippen molar-refractivity contribution >= 4 is 23.2 Å². The van der Waals surface area contributed by atoms with Gasteiger partial charge in [0.25, 0.3) is 5.91 Å². The third kappa shape index (κ3) is 3.46. The lowest BCUT2D eigenvalue weighted by Crippen LogP contribution is -2.14. The van der Waals surface area contributed by atoms with Gasteiger partial charge in [0.15, 0.2) is 5.69 Å². The number of amides is 1. The van der Waals surface area contributed by atoms with E-state index in [9.17, 15) is 9.18 Å². The van der Waals surface area contributed by atoms with Crippen molar-refractivity contribution in [2.75, 3.05) is 12.4 Å². The van der Waals surface area contributed by atoms with Crippen molar-refractivity contribution in [2.45, 2.75) is 6.92 Å². The zero-order valence-electron chi connectivity index (χ0n) is 13.5. The first kappa shape index (κ1) is 16.9. The van der Waals surface area contributed by atoms with Crippen molar-refractivity contribution in [1.29, 1.82) is 0 Å². The van der Waals surface area contributed by atoms with Gasteiger partial charge in [-0.1, -0.05) is 16.8 Å². The number of rotatable bonds is 4. The molecule has 0 atom stereocenters. The van der Waals surface area contributed by atoms with Crippen LogP contribution in [0.3, 0.4) is 0 Å². The van der Waals surface area contributed by atoms with Gasteiger partial charge in [-0.05, 0) is 49.4 Å². The van der Waals surface area contributed by atoms with Gasteiger partial charge in [-0.15, -0.1) is 5.10 Å². The number of anilines is 1. The first-order valence-corrected chi connectivity index (χ1v) is 7.70. The van der Waals surface area contributed by atoms with E-state index < -0.39 is 11.7 Å². The van der Waals surface area contributed by atoms with E-state index in [1.54, 1.807) is 30.8 Å². The molecule has 25 heavy (non-hydrogen) atoms. The van der Waals surface area contributed by atoms with Crippen molar-refractivity contribution in [1.82, 2.24) is 15.0 Å². The molecule has 0 aliphatic rings. The van der Waals surface area contributed by atoms with Crippen molar-refractivity contribution in [3.05, 3.63) is 64.7 Å². The van der Waals surface area contributed by atoms with Crippen molar-refractivity contribution in [3.8, 4) is 11.4 Å². The molecule has 1 amide bonds. The van der Waals surface area contributed by atoms with E-state index in [-0.39, 0.29) is 10.7 Å². The molecular weight excluding hydrogens is 347 g/mol. The van der Waals surface area contributed by atoms with Crippen LogP contribution in [0.25, 0.3) is 5.69 Å². The van der Waals surface area contributed by atoms with Gasteiger partial charge in [0.2, 0.25) is 0 Å². The maximum atomic E-state index is 13.2. The number of halogens is 2. The number of methoxy groups -OCH3 is 1. The minimum absolute atomic E-state index is 0.0728. The highest BCUT2D eigenvalue weighted by Crippen LogP contribution is 2.21. The quantitative estimate of drug-likeness (QED) is 0.771. The lowest BCUT2D eigenvalue weighted by Gasteiger charge is -2.06. The Labute approximate surface area is 148 Å². The lowest BCUT2D eigenvalue weighted by molar-refractivity contribution is 0.102. The predicted molar refractivity (Wildman–Crippen MR) is 92.0 cm³/mol. The highest BCUT2D eigenvalue weighted by Gasteiger charge is 2.18. The molecule has 8 heteroatoms. The molecule has 2 aromatic carbocycles. The Kier molecular flexibility index (Phi) is 4.67. The summed E-state index contributed by atoms with van der Waals surface area (Å²) in [6.45, 7) is 1.73. The molecule has 3 aromatic rings. The van der Waals surface area contributed by atoms with Gasteiger partial charge in [0.05, 0.1) is 23.5 Å². The number of aromatic nitrogens is 3. The summed E-state index contributed by atoms with van der Waals surface area (Å²) in [5, 5.41) is 10.5. The zero-order valence-corrected chi connectivity index (χ0v) is 14.2. The number of benzene rings is 2. The number of hydrogen-bond donors (Lipinski definition) is 1. The Morgan fingerprint density at radius 1 is 1.24 bits per heavy atom. The third-order valence-electron chi connectivity index (χ3n) is 3.60. The summed E-state index contributed by atoms with van der Waals surface area (Å²) in [5.41, 5.74) is 1.84. The van der Waals surface area contributed by atoms with Crippen LogP contribution in [0.1, 0.15) is 16.2 Å². The third-order valence-corrected chi connectivity index (χ3v) is 3.89. The number of carbonyl (C=O) groups is 1. The summed E-state index contributed by atoms with van der Waals surface area (Å²) < 4.78 is 19.9. The normalized spacial score (nSPS) is 10.6. The maximum absolute atomic E-state index is 13.2. The Balaban J connectivity index is 1.84. The molecular formula is C17H14ClFN4O2. The topological polar surface area (TPSA) is 69.0 Å². The molecule has 1 N–H and O–H groups in total. The molecule has 0 radical (unpaired) electrons. The van der Waals surface area contributed by atoms with E-state index in [0.717, 1.165) is 5.69 Å². The number of nitrogens with zero attached hydrogens (tertiary/aromatic N) is 3. The average Bonchev–Trinajstić information content (AvgIpc) is 3.00. The zero-order chi connectivity index (χ0) is 18.0. The lowest BCUT2D eigenvalue weighted by atomic mass is 10.2. The van der Waals surface area contributed by atoms with Gasteiger partial charge in [0.1, 0.15) is 11.6 Å². The molecule has 128 valence electrons. The summed E-state index contributed by atoms with van der Waals surface area (Å²) in [6.07, 6.45) is 0. The van der Waals surface area contributed by atoms with Crippen molar-refractivity contribution in [3.63, 3.8) is 0 Å². The summed E-state index contributed by atoms with van der Waals surface area (Å²) in [7, 11) is 1.58. The van der Waals surface area contributed by atoms with Crippen molar-refractivity contribution in [2.24, 2.45) is 0 Å². The van der Waals surface area contributed by atoms with E-state index in [0.29, 0.717) is 17.1 Å². The van der Waals surface area contributed by atoms with Gasteiger partial charge in [0, 0.05) is 5.69 Å². The Bertz CT molecular complexity index is 925. The molecule has 0 saturated carbocycles. The van der Waals surface area contributed by atoms with Crippen LogP contribution in [0.2, 0.25) is 5.02 Å². The van der Waals surface area contributed by atoms with E-state index in [2.05, 4.69) is 15.6 Å². The second kappa shape index (κ2) is 6.90. The van der Waals surface area contributed by atoms with Crippen LogP contribution in [0.5, 0.6) is 5.75 Å². The van der Waals surface area contributed by atoms with E-state index in [1.165, 1.54) is 18.2 Å². The van der Waals surface area contributed by atoms with E-state index in [1.807, 2.05) is 12.1 Å². The molecule has 1 heterocycles. The highest BCUT2D eigenvalue weighted by atomic mass is 35.5. The van der Waals surface area contributed by atoms with E-state index >= 15 is 0 Å². The maximum Gasteiger partial charge on any atom is 0.278 e. The van der Waals surface area contributed by atoms with Crippen LogP contribution in [0.15, 0.2) is 42.5 Å². The monoisotopic (exact) mass is 360 g/mol. The number of nitrogens with one attached hydrogen (secondary N) is 1. The Morgan fingerprint density at radius 3 is 2.60 bits per heavy atom. The fourth-order valence-electron chi connectivity index (χ4n) is 2.27. The average molecular weight is 361 g/mol. The molecule has 6 nitrogen and oxygen atoms in total. The van der Waals surface area contributed by atoms with Gasteiger partial charge >= 0.3 is 0 Å². The first-order chi connectivity index (χ1) is 12.0. The second-order valence-electron chi connectivity index (χ2n) is 5.22. The standard InChI is InChI=1S/C17H14ClFN4O2/c1-10-16(17(24)20-11-3-8-15(19)14(18)9-11)21-22-23(10)12-4-6-13(25-2)7-5-12/h3-9H,1-2H3,(H,20,24).